The van der Waals surface area contributed by atoms with Crippen LogP contribution in [0.25, 0.3) is 0 Å². The first-order valence-electron chi connectivity index (χ1n) is 5.49. The average molecular weight is 208 g/mol. The van der Waals surface area contributed by atoms with Gasteiger partial charge >= 0.3 is 6.18 Å². The molecule has 3 heteroatoms. The summed E-state index contributed by atoms with van der Waals surface area (Å²) >= 11 is 0. The van der Waals surface area contributed by atoms with Gasteiger partial charge in [-0.2, -0.15) is 13.2 Å². The molecule has 0 aromatic heterocycles. The largest absolute Gasteiger partial charge is 0.392 e. The fourth-order valence-corrected chi connectivity index (χ4v) is 2.68. The molecular weight excluding hydrogens is 189 g/mol. The van der Waals surface area contributed by atoms with Gasteiger partial charge in [-0.05, 0) is 24.7 Å². The van der Waals surface area contributed by atoms with E-state index in [-0.39, 0.29) is 11.8 Å². The summed E-state index contributed by atoms with van der Waals surface area (Å²) < 4.78 is 38.3. The quantitative estimate of drug-likeness (QED) is 0.631. The highest BCUT2D eigenvalue weighted by Crippen LogP contribution is 2.43. The Kier molecular flexibility index (Phi) is 3.85. The van der Waals surface area contributed by atoms with Crippen LogP contribution >= 0.6 is 0 Å². The molecule has 0 heterocycles. The summed E-state index contributed by atoms with van der Waals surface area (Å²) in [6, 6.07) is 0. The van der Waals surface area contributed by atoms with Gasteiger partial charge in [-0.3, -0.25) is 0 Å². The summed E-state index contributed by atoms with van der Waals surface area (Å²) in [6.45, 7) is 3.37. The Balaban J connectivity index is 2.66. The van der Waals surface area contributed by atoms with Crippen LogP contribution in [0.4, 0.5) is 13.2 Å². The van der Waals surface area contributed by atoms with E-state index in [0.717, 1.165) is 32.1 Å². The standard InChI is InChI=1S/C11H19F3/c1-8(2)10(11(12,13)14)9-6-4-3-5-7-9/h8-10H,3-7H2,1-2H3/t10-/m0/s1. The first kappa shape index (κ1) is 11.9. The number of halogens is 3. The van der Waals surface area contributed by atoms with Crippen LogP contribution < -0.4 is 0 Å². The molecule has 0 aliphatic heterocycles. The number of hydrogen-bond donors (Lipinski definition) is 0. The van der Waals surface area contributed by atoms with E-state index in [0.29, 0.717) is 0 Å². The Morgan fingerprint density at radius 1 is 1.00 bits per heavy atom. The van der Waals surface area contributed by atoms with Crippen LogP contribution in [0.1, 0.15) is 46.0 Å². The lowest BCUT2D eigenvalue weighted by Gasteiger charge is -2.34. The average Bonchev–Trinajstić information content (AvgIpc) is 2.02. The molecule has 0 amide bonds. The van der Waals surface area contributed by atoms with E-state index < -0.39 is 12.1 Å². The summed E-state index contributed by atoms with van der Waals surface area (Å²) in [5.74, 6) is -1.48. The molecule has 84 valence electrons. The summed E-state index contributed by atoms with van der Waals surface area (Å²) in [4.78, 5) is 0. The van der Waals surface area contributed by atoms with Crippen molar-refractivity contribution in [3.8, 4) is 0 Å². The van der Waals surface area contributed by atoms with Crippen LogP contribution in [0.2, 0.25) is 0 Å². The monoisotopic (exact) mass is 208 g/mol. The van der Waals surface area contributed by atoms with E-state index in [2.05, 4.69) is 0 Å². The SMILES string of the molecule is CC(C)[C@@H](C1CCCCC1)C(F)(F)F. The number of rotatable bonds is 2. The number of alkyl halides is 3. The van der Waals surface area contributed by atoms with Crippen molar-refractivity contribution in [3.63, 3.8) is 0 Å². The van der Waals surface area contributed by atoms with Gasteiger partial charge in [0.2, 0.25) is 0 Å². The van der Waals surface area contributed by atoms with Gasteiger partial charge in [0.25, 0.3) is 0 Å². The lowest BCUT2D eigenvalue weighted by atomic mass is 9.75. The Hall–Kier alpha value is -0.210. The van der Waals surface area contributed by atoms with Gasteiger partial charge in [0.15, 0.2) is 0 Å². The Morgan fingerprint density at radius 3 is 1.86 bits per heavy atom. The molecule has 1 saturated carbocycles. The maximum Gasteiger partial charge on any atom is 0.392 e. The van der Waals surface area contributed by atoms with Crippen molar-refractivity contribution in [1.82, 2.24) is 0 Å². The van der Waals surface area contributed by atoms with Crippen LogP contribution in [-0.2, 0) is 0 Å². The maximum absolute atomic E-state index is 12.8. The predicted octanol–water partition coefficient (Wildman–Crippen LogP) is 4.40. The minimum Gasteiger partial charge on any atom is -0.171 e. The lowest BCUT2D eigenvalue weighted by Crippen LogP contribution is -2.35. The number of hydrogen-bond acceptors (Lipinski definition) is 0. The molecule has 0 spiro atoms. The zero-order valence-electron chi connectivity index (χ0n) is 8.90. The van der Waals surface area contributed by atoms with Crippen LogP contribution in [0.3, 0.4) is 0 Å². The molecule has 1 atom stereocenters. The molecular formula is C11H19F3. The van der Waals surface area contributed by atoms with Crippen molar-refractivity contribution < 1.29 is 13.2 Å². The third kappa shape index (κ3) is 2.89. The highest BCUT2D eigenvalue weighted by Gasteiger charge is 2.46. The third-order valence-corrected chi connectivity index (χ3v) is 3.25. The van der Waals surface area contributed by atoms with Gasteiger partial charge in [0.1, 0.15) is 0 Å². The molecule has 0 unspecified atom stereocenters. The van der Waals surface area contributed by atoms with E-state index >= 15 is 0 Å². The fraction of sp³-hybridized carbons (Fsp3) is 1.00. The van der Waals surface area contributed by atoms with Crippen LogP contribution in [0.5, 0.6) is 0 Å². The zero-order valence-corrected chi connectivity index (χ0v) is 8.90. The summed E-state index contributed by atoms with van der Waals surface area (Å²) in [6.07, 6.45) is 0.591. The molecule has 0 radical (unpaired) electrons. The van der Waals surface area contributed by atoms with Gasteiger partial charge in [0, 0.05) is 0 Å². The van der Waals surface area contributed by atoms with Crippen molar-refractivity contribution in [2.24, 2.45) is 17.8 Å². The zero-order chi connectivity index (χ0) is 10.8. The van der Waals surface area contributed by atoms with E-state index in [4.69, 9.17) is 0 Å². The summed E-state index contributed by atoms with van der Waals surface area (Å²) in [5.41, 5.74) is 0. The van der Waals surface area contributed by atoms with Crippen molar-refractivity contribution in [3.05, 3.63) is 0 Å². The highest BCUT2D eigenvalue weighted by atomic mass is 19.4. The minimum atomic E-state index is -4.00. The summed E-state index contributed by atoms with van der Waals surface area (Å²) in [7, 11) is 0. The third-order valence-electron chi connectivity index (χ3n) is 3.25. The predicted molar refractivity (Wildman–Crippen MR) is 51.0 cm³/mol. The smallest absolute Gasteiger partial charge is 0.171 e. The molecule has 14 heavy (non-hydrogen) atoms. The lowest BCUT2D eigenvalue weighted by molar-refractivity contribution is -0.203. The van der Waals surface area contributed by atoms with Crippen LogP contribution in [0.15, 0.2) is 0 Å². The second-order valence-electron chi connectivity index (χ2n) is 4.71. The van der Waals surface area contributed by atoms with Crippen molar-refractivity contribution in [2.75, 3.05) is 0 Å². The van der Waals surface area contributed by atoms with E-state index in [1.165, 1.54) is 0 Å². The van der Waals surface area contributed by atoms with Gasteiger partial charge < -0.3 is 0 Å². The molecule has 0 bridgehead atoms. The molecule has 1 aliphatic rings. The van der Waals surface area contributed by atoms with Crippen LogP contribution in [0, 0.1) is 17.8 Å². The Bertz CT molecular complexity index is 166. The molecule has 0 aromatic carbocycles. The first-order valence-corrected chi connectivity index (χ1v) is 5.49. The van der Waals surface area contributed by atoms with Gasteiger partial charge in [-0.15, -0.1) is 0 Å². The maximum atomic E-state index is 12.8. The van der Waals surface area contributed by atoms with E-state index in [9.17, 15) is 13.2 Å². The van der Waals surface area contributed by atoms with Crippen molar-refractivity contribution in [1.29, 1.82) is 0 Å². The highest BCUT2D eigenvalue weighted by molar-refractivity contribution is 4.81. The van der Waals surface area contributed by atoms with E-state index in [1.54, 1.807) is 13.8 Å². The Labute approximate surface area is 83.9 Å². The molecule has 1 fully saturated rings. The second-order valence-corrected chi connectivity index (χ2v) is 4.71. The fourth-order valence-electron chi connectivity index (χ4n) is 2.68. The van der Waals surface area contributed by atoms with Gasteiger partial charge in [-0.1, -0.05) is 33.1 Å². The summed E-state index contributed by atoms with van der Waals surface area (Å²) in [5, 5.41) is 0. The first-order chi connectivity index (χ1) is 6.43. The topological polar surface area (TPSA) is 0 Å². The molecule has 0 aromatic rings. The molecule has 0 N–H and O–H groups in total. The van der Waals surface area contributed by atoms with Crippen LogP contribution in [-0.4, -0.2) is 6.18 Å². The molecule has 0 saturated heterocycles. The Morgan fingerprint density at radius 2 is 1.50 bits per heavy atom. The normalized spacial score (nSPS) is 22.7. The molecule has 0 nitrogen and oxygen atoms in total. The second kappa shape index (κ2) is 4.54. The van der Waals surface area contributed by atoms with Gasteiger partial charge in [-0.25, -0.2) is 0 Å². The molecule has 1 aliphatic carbocycles. The van der Waals surface area contributed by atoms with Crippen molar-refractivity contribution >= 4 is 0 Å². The van der Waals surface area contributed by atoms with Gasteiger partial charge in [0.05, 0.1) is 5.92 Å². The minimum absolute atomic E-state index is 0.122. The molecule has 1 rings (SSSR count). The van der Waals surface area contributed by atoms with Crippen molar-refractivity contribution in [2.45, 2.75) is 52.1 Å². The van der Waals surface area contributed by atoms with E-state index in [1.807, 2.05) is 0 Å².